The van der Waals surface area contributed by atoms with Gasteiger partial charge in [-0.2, -0.15) is 0 Å². The summed E-state index contributed by atoms with van der Waals surface area (Å²) >= 11 is 3.42. The average Bonchev–Trinajstić information content (AvgIpc) is 2.58. The molecule has 2 rings (SSSR count). The molecule has 4 heteroatoms. The predicted molar refractivity (Wildman–Crippen MR) is 94.0 cm³/mol. The van der Waals surface area contributed by atoms with E-state index in [4.69, 9.17) is 4.74 Å². The Hall–Kier alpha value is -1.68. The van der Waals surface area contributed by atoms with Gasteiger partial charge >= 0.3 is 0 Å². The first-order valence-corrected chi connectivity index (χ1v) is 8.92. The van der Waals surface area contributed by atoms with E-state index in [9.17, 15) is 9.18 Å². The summed E-state index contributed by atoms with van der Waals surface area (Å²) in [6, 6.07) is 12.7. The Labute approximate surface area is 144 Å². The molecular weight excluding hydrogens is 359 g/mol. The lowest BCUT2D eigenvalue weighted by Crippen LogP contribution is -2.02. The Balaban J connectivity index is 1.84. The standard InChI is InChI=1S/C19H20BrFO2/c20-13-3-1-2-4-14-23-18-11-7-16(8-12-18)19(22)15-5-9-17(21)10-6-15/h5-12H,1-4,13-14H2. The molecule has 0 aliphatic carbocycles. The van der Waals surface area contributed by atoms with E-state index in [-0.39, 0.29) is 11.6 Å². The van der Waals surface area contributed by atoms with Crippen LogP contribution in [0, 0.1) is 5.82 Å². The summed E-state index contributed by atoms with van der Waals surface area (Å²) < 4.78 is 18.6. The van der Waals surface area contributed by atoms with Crippen LogP contribution in [0.2, 0.25) is 0 Å². The molecule has 0 unspecified atom stereocenters. The molecule has 23 heavy (non-hydrogen) atoms. The van der Waals surface area contributed by atoms with E-state index in [1.807, 2.05) is 0 Å². The van der Waals surface area contributed by atoms with Gasteiger partial charge in [-0.3, -0.25) is 4.79 Å². The van der Waals surface area contributed by atoms with Crippen molar-refractivity contribution in [3.05, 3.63) is 65.5 Å². The summed E-state index contributed by atoms with van der Waals surface area (Å²) in [7, 11) is 0. The van der Waals surface area contributed by atoms with E-state index in [0.717, 1.165) is 23.9 Å². The van der Waals surface area contributed by atoms with Crippen molar-refractivity contribution in [2.75, 3.05) is 11.9 Å². The SMILES string of the molecule is O=C(c1ccc(F)cc1)c1ccc(OCCCCCCBr)cc1. The highest BCUT2D eigenvalue weighted by Crippen LogP contribution is 2.16. The number of halogens is 2. The Morgan fingerprint density at radius 2 is 1.43 bits per heavy atom. The van der Waals surface area contributed by atoms with Gasteiger partial charge in [-0.15, -0.1) is 0 Å². The lowest BCUT2D eigenvalue weighted by molar-refractivity contribution is 0.103. The molecule has 0 aliphatic heterocycles. The van der Waals surface area contributed by atoms with Crippen molar-refractivity contribution in [2.24, 2.45) is 0 Å². The highest BCUT2D eigenvalue weighted by atomic mass is 79.9. The largest absolute Gasteiger partial charge is 0.494 e. The number of hydrogen-bond donors (Lipinski definition) is 0. The molecule has 0 heterocycles. The summed E-state index contributed by atoms with van der Waals surface area (Å²) in [4.78, 5) is 12.3. The zero-order valence-electron chi connectivity index (χ0n) is 12.9. The second kappa shape index (κ2) is 9.46. The quantitative estimate of drug-likeness (QED) is 0.332. The third kappa shape index (κ3) is 5.79. The maximum Gasteiger partial charge on any atom is 0.193 e. The second-order valence-corrected chi connectivity index (χ2v) is 6.11. The highest BCUT2D eigenvalue weighted by molar-refractivity contribution is 9.09. The van der Waals surface area contributed by atoms with Crippen LogP contribution < -0.4 is 4.74 Å². The van der Waals surface area contributed by atoms with Crippen LogP contribution in [0.4, 0.5) is 4.39 Å². The van der Waals surface area contributed by atoms with E-state index < -0.39 is 0 Å². The molecular formula is C19H20BrFO2. The fourth-order valence-corrected chi connectivity index (χ4v) is 2.61. The van der Waals surface area contributed by atoms with E-state index in [1.54, 1.807) is 24.3 Å². The smallest absolute Gasteiger partial charge is 0.193 e. The molecule has 122 valence electrons. The van der Waals surface area contributed by atoms with Crippen LogP contribution >= 0.6 is 15.9 Å². The number of ketones is 1. The molecule has 0 N–H and O–H groups in total. The molecule has 0 saturated heterocycles. The zero-order chi connectivity index (χ0) is 16.5. The van der Waals surface area contributed by atoms with Gasteiger partial charge in [0.15, 0.2) is 5.78 Å². The Kier molecular flexibility index (Phi) is 7.27. The lowest BCUT2D eigenvalue weighted by atomic mass is 10.0. The van der Waals surface area contributed by atoms with Gasteiger partial charge in [0.05, 0.1) is 6.61 Å². The van der Waals surface area contributed by atoms with Crippen molar-refractivity contribution >= 4 is 21.7 Å². The number of ether oxygens (including phenoxy) is 1. The summed E-state index contributed by atoms with van der Waals surface area (Å²) in [5, 5.41) is 1.05. The number of benzene rings is 2. The summed E-state index contributed by atoms with van der Waals surface area (Å²) in [6.45, 7) is 0.688. The Morgan fingerprint density at radius 3 is 2.04 bits per heavy atom. The highest BCUT2D eigenvalue weighted by Gasteiger charge is 2.09. The monoisotopic (exact) mass is 378 g/mol. The van der Waals surface area contributed by atoms with Crippen molar-refractivity contribution in [1.29, 1.82) is 0 Å². The van der Waals surface area contributed by atoms with Crippen molar-refractivity contribution in [2.45, 2.75) is 25.7 Å². The lowest BCUT2D eigenvalue weighted by Gasteiger charge is -2.07. The Bertz CT molecular complexity index is 608. The third-order valence-corrected chi connectivity index (χ3v) is 4.08. The molecule has 0 atom stereocenters. The fraction of sp³-hybridized carbons (Fsp3) is 0.316. The first kappa shape index (κ1) is 17.7. The predicted octanol–water partition coefficient (Wildman–Crippen LogP) is 5.39. The maximum absolute atomic E-state index is 12.9. The van der Waals surface area contributed by atoms with Crippen LogP contribution in [-0.4, -0.2) is 17.7 Å². The third-order valence-electron chi connectivity index (χ3n) is 3.52. The van der Waals surface area contributed by atoms with Crippen molar-refractivity contribution in [3.63, 3.8) is 0 Å². The number of hydrogen-bond acceptors (Lipinski definition) is 2. The van der Waals surface area contributed by atoms with Gasteiger partial charge in [0.1, 0.15) is 11.6 Å². The van der Waals surface area contributed by atoms with Crippen molar-refractivity contribution < 1.29 is 13.9 Å². The molecule has 2 nitrogen and oxygen atoms in total. The topological polar surface area (TPSA) is 26.3 Å². The molecule has 2 aromatic carbocycles. The molecule has 0 aromatic heterocycles. The number of carbonyl (C=O) groups excluding carboxylic acids is 1. The number of rotatable bonds is 9. The Morgan fingerprint density at radius 1 is 0.870 bits per heavy atom. The van der Waals surface area contributed by atoms with Crippen LogP contribution in [0.5, 0.6) is 5.75 Å². The van der Waals surface area contributed by atoms with Crippen LogP contribution in [0.25, 0.3) is 0 Å². The molecule has 2 aromatic rings. The molecule has 0 radical (unpaired) electrons. The van der Waals surface area contributed by atoms with E-state index >= 15 is 0 Å². The molecule has 0 fully saturated rings. The number of alkyl halides is 1. The van der Waals surface area contributed by atoms with Crippen molar-refractivity contribution in [1.82, 2.24) is 0 Å². The molecule has 0 bridgehead atoms. The maximum atomic E-state index is 12.9. The first-order chi connectivity index (χ1) is 11.2. The van der Waals surface area contributed by atoms with Gasteiger partial charge in [-0.25, -0.2) is 4.39 Å². The molecule has 0 spiro atoms. The van der Waals surface area contributed by atoms with E-state index in [1.165, 1.54) is 37.1 Å². The van der Waals surface area contributed by atoms with Crippen molar-refractivity contribution in [3.8, 4) is 5.75 Å². The van der Waals surface area contributed by atoms with Crippen LogP contribution in [0.1, 0.15) is 41.6 Å². The molecule has 0 aliphatic rings. The van der Waals surface area contributed by atoms with Crippen LogP contribution in [-0.2, 0) is 0 Å². The minimum absolute atomic E-state index is 0.119. The van der Waals surface area contributed by atoms with Crippen LogP contribution in [0.15, 0.2) is 48.5 Å². The van der Waals surface area contributed by atoms with E-state index in [0.29, 0.717) is 17.7 Å². The molecule has 0 amide bonds. The number of unbranched alkanes of at least 4 members (excludes halogenated alkanes) is 3. The van der Waals surface area contributed by atoms with Gasteiger partial charge in [-0.1, -0.05) is 28.8 Å². The van der Waals surface area contributed by atoms with Gasteiger partial charge in [0.2, 0.25) is 0 Å². The zero-order valence-corrected chi connectivity index (χ0v) is 14.5. The summed E-state index contributed by atoms with van der Waals surface area (Å²) in [6.07, 6.45) is 4.59. The van der Waals surface area contributed by atoms with Gasteiger partial charge in [-0.05, 0) is 61.4 Å². The van der Waals surface area contributed by atoms with E-state index in [2.05, 4.69) is 15.9 Å². The number of carbonyl (C=O) groups is 1. The van der Waals surface area contributed by atoms with Gasteiger partial charge < -0.3 is 4.74 Å². The molecule has 0 saturated carbocycles. The van der Waals surface area contributed by atoms with Gasteiger partial charge in [0, 0.05) is 16.5 Å². The second-order valence-electron chi connectivity index (χ2n) is 5.31. The average molecular weight is 379 g/mol. The fourth-order valence-electron chi connectivity index (χ4n) is 2.21. The summed E-state index contributed by atoms with van der Waals surface area (Å²) in [5.41, 5.74) is 1.05. The minimum atomic E-state index is -0.346. The van der Waals surface area contributed by atoms with Crippen LogP contribution in [0.3, 0.4) is 0 Å². The normalized spacial score (nSPS) is 10.5. The summed E-state index contributed by atoms with van der Waals surface area (Å²) in [5.74, 6) is 0.300. The minimum Gasteiger partial charge on any atom is -0.494 e. The van der Waals surface area contributed by atoms with Gasteiger partial charge in [0.25, 0.3) is 0 Å². The first-order valence-electron chi connectivity index (χ1n) is 7.80.